The minimum atomic E-state index is 1.10. The Balaban J connectivity index is 1.13. The Morgan fingerprint density at radius 3 is 1.26 bits per heavy atom. The highest BCUT2D eigenvalue weighted by molar-refractivity contribution is 6.13. The zero-order chi connectivity index (χ0) is 35.8. The van der Waals surface area contributed by atoms with Crippen molar-refractivity contribution in [3.63, 3.8) is 0 Å². The highest BCUT2D eigenvalue weighted by atomic mass is 15.1. The molecule has 0 fully saturated rings. The first-order valence-electron chi connectivity index (χ1n) is 18.5. The fraction of sp³-hybridized carbons (Fsp3) is 0. The lowest BCUT2D eigenvalue weighted by atomic mass is 9.96. The van der Waals surface area contributed by atoms with E-state index in [-0.39, 0.29) is 0 Å². The fourth-order valence-corrected chi connectivity index (χ4v) is 8.00. The third-order valence-electron chi connectivity index (χ3n) is 10.6. The molecule has 0 spiro atoms. The maximum atomic E-state index is 2.46. The lowest BCUT2D eigenvalue weighted by molar-refractivity contribution is 1.28. The molecule has 54 heavy (non-hydrogen) atoms. The van der Waals surface area contributed by atoms with Crippen molar-refractivity contribution in [2.45, 2.75) is 0 Å². The number of aromatic nitrogens is 1. The van der Waals surface area contributed by atoms with Gasteiger partial charge in [0.25, 0.3) is 0 Å². The van der Waals surface area contributed by atoms with Crippen LogP contribution >= 0.6 is 0 Å². The minimum absolute atomic E-state index is 1.10. The average molecular weight is 689 g/mol. The maximum absolute atomic E-state index is 2.46. The second kappa shape index (κ2) is 13.4. The zero-order valence-corrected chi connectivity index (χ0v) is 29.7. The molecule has 10 aromatic rings. The molecule has 0 N–H and O–H groups in total. The van der Waals surface area contributed by atoms with Crippen LogP contribution in [0.3, 0.4) is 0 Å². The van der Waals surface area contributed by atoms with Gasteiger partial charge in [-0.05, 0) is 93.4 Å². The van der Waals surface area contributed by atoms with E-state index in [2.05, 4.69) is 228 Å². The molecular formula is C52H36N2. The molecule has 2 heteroatoms. The highest BCUT2D eigenvalue weighted by Gasteiger charge is 2.20. The van der Waals surface area contributed by atoms with E-state index in [1.165, 1.54) is 71.8 Å². The van der Waals surface area contributed by atoms with Crippen molar-refractivity contribution in [2.75, 3.05) is 4.90 Å². The van der Waals surface area contributed by atoms with Gasteiger partial charge in [-0.3, -0.25) is 0 Å². The topological polar surface area (TPSA) is 7.65 Å². The summed E-state index contributed by atoms with van der Waals surface area (Å²) < 4.78 is 2.46. The quantitative estimate of drug-likeness (QED) is 0.162. The van der Waals surface area contributed by atoms with E-state index >= 15 is 0 Å². The van der Waals surface area contributed by atoms with Crippen LogP contribution in [0.25, 0.3) is 71.8 Å². The Labute approximate surface area is 315 Å². The molecule has 2 aromatic heterocycles. The smallest absolute Gasteiger partial charge is 0.0625 e. The van der Waals surface area contributed by atoms with Crippen molar-refractivity contribution < 1.29 is 0 Å². The van der Waals surface area contributed by atoms with Crippen LogP contribution in [0.5, 0.6) is 0 Å². The molecule has 0 atom stereocenters. The van der Waals surface area contributed by atoms with Gasteiger partial charge in [0.2, 0.25) is 0 Å². The van der Waals surface area contributed by atoms with Crippen LogP contribution < -0.4 is 4.90 Å². The van der Waals surface area contributed by atoms with Gasteiger partial charge in [-0.25, -0.2) is 0 Å². The van der Waals surface area contributed by atoms with E-state index in [1.807, 2.05) is 0 Å². The number of pyridine rings is 1. The molecule has 254 valence electrons. The summed E-state index contributed by atoms with van der Waals surface area (Å²) in [6, 6.07) is 78.8. The van der Waals surface area contributed by atoms with Crippen molar-refractivity contribution in [2.24, 2.45) is 0 Å². The van der Waals surface area contributed by atoms with E-state index < -0.39 is 0 Å². The predicted octanol–water partition coefficient (Wildman–Crippen LogP) is 14.4. The van der Waals surface area contributed by atoms with Gasteiger partial charge in [-0.2, -0.15) is 0 Å². The number of fused-ring (bicyclic) bond motifs is 5. The molecular weight excluding hydrogens is 653 g/mol. The van der Waals surface area contributed by atoms with Crippen LogP contribution in [-0.2, 0) is 0 Å². The normalized spacial score (nSPS) is 11.3. The first kappa shape index (κ1) is 31.6. The van der Waals surface area contributed by atoms with E-state index in [9.17, 15) is 0 Å². The van der Waals surface area contributed by atoms with Crippen LogP contribution in [-0.4, -0.2) is 4.40 Å². The molecule has 0 aliphatic heterocycles. The summed E-state index contributed by atoms with van der Waals surface area (Å²) in [4.78, 5) is 2.35. The number of rotatable bonds is 7. The summed E-state index contributed by atoms with van der Waals surface area (Å²) in [6.07, 6.45) is 0. The Hall–Kier alpha value is -7.16. The van der Waals surface area contributed by atoms with Crippen LogP contribution in [0.15, 0.2) is 218 Å². The number of para-hydroxylation sites is 2. The Bertz CT molecular complexity index is 2790. The number of benzene rings is 8. The lowest BCUT2D eigenvalue weighted by Gasteiger charge is -2.26. The summed E-state index contributed by atoms with van der Waals surface area (Å²) in [7, 11) is 0. The SMILES string of the molecule is c1ccc(-c2ccc(N(c3ccc(-c4ccccc4)cc3)c3ccc(-c4cc5ccccc5n5c4c(-c4ccccc4)c4ccccc45)cc3)cc2)cc1. The minimum Gasteiger partial charge on any atom is -0.311 e. The molecule has 0 saturated heterocycles. The summed E-state index contributed by atoms with van der Waals surface area (Å²) in [6.45, 7) is 0. The third kappa shape index (κ3) is 5.53. The largest absolute Gasteiger partial charge is 0.311 e. The van der Waals surface area contributed by atoms with Crippen molar-refractivity contribution in [1.82, 2.24) is 4.40 Å². The molecule has 2 heterocycles. The van der Waals surface area contributed by atoms with Crippen molar-refractivity contribution in [1.29, 1.82) is 0 Å². The van der Waals surface area contributed by atoms with E-state index in [1.54, 1.807) is 0 Å². The molecule has 0 bridgehead atoms. The third-order valence-corrected chi connectivity index (χ3v) is 10.6. The van der Waals surface area contributed by atoms with Crippen molar-refractivity contribution in [3.8, 4) is 44.5 Å². The molecule has 0 unspecified atom stereocenters. The summed E-state index contributed by atoms with van der Waals surface area (Å²) >= 11 is 0. The predicted molar refractivity (Wildman–Crippen MR) is 229 cm³/mol. The summed E-state index contributed by atoms with van der Waals surface area (Å²) in [5.74, 6) is 0. The highest BCUT2D eigenvalue weighted by Crippen LogP contribution is 2.44. The van der Waals surface area contributed by atoms with Crippen molar-refractivity contribution >= 4 is 44.4 Å². The van der Waals surface area contributed by atoms with E-state index in [4.69, 9.17) is 0 Å². The van der Waals surface area contributed by atoms with Crippen LogP contribution in [0.1, 0.15) is 0 Å². The number of hydrogen-bond acceptors (Lipinski definition) is 1. The molecule has 10 rings (SSSR count). The van der Waals surface area contributed by atoms with E-state index in [0.29, 0.717) is 0 Å². The number of anilines is 3. The molecule has 0 aliphatic rings. The fourth-order valence-electron chi connectivity index (χ4n) is 8.00. The lowest BCUT2D eigenvalue weighted by Crippen LogP contribution is -2.09. The van der Waals surface area contributed by atoms with Crippen LogP contribution in [0.4, 0.5) is 17.1 Å². The Kier molecular flexibility index (Phi) is 7.85. The summed E-state index contributed by atoms with van der Waals surface area (Å²) in [5.41, 5.74) is 16.6. The van der Waals surface area contributed by atoms with Crippen LogP contribution in [0.2, 0.25) is 0 Å². The molecule has 2 nitrogen and oxygen atoms in total. The van der Waals surface area contributed by atoms with Gasteiger partial charge in [0, 0.05) is 33.6 Å². The first-order chi connectivity index (χ1) is 26.8. The second-order valence-electron chi connectivity index (χ2n) is 13.8. The van der Waals surface area contributed by atoms with Crippen molar-refractivity contribution in [3.05, 3.63) is 218 Å². The molecule has 0 saturated carbocycles. The van der Waals surface area contributed by atoms with Gasteiger partial charge in [-0.15, -0.1) is 0 Å². The van der Waals surface area contributed by atoms with Gasteiger partial charge in [-0.1, -0.05) is 164 Å². The monoisotopic (exact) mass is 688 g/mol. The van der Waals surface area contributed by atoms with Gasteiger partial charge in [0.1, 0.15) is 0 Å². The number of nitrogens with zero attached hydrogens (tertiary/aromatic N) is 2. The van der Waals surface area contributed by atoms with E-state index in [0.717, 1.165) is 17.1 Å². The maximum Gasteiger partial charge on any atom is 0.0625 e. The van der Waals surface area contributed by atoms with Gasteiger partial charge in [0.15, 0.2) is 0 Å². The zero-order valence-electron chi connectivity index (χ0n) is 29.7. The van der Waals surface area contributed by atoms with Gasteiger partial charge < -0.3 is 9.30 Å². The molecule has 0 amide bonds. The first-order valence-corrected chi connectivity index (χ1v) is 18.5. The summed E-state index contributed by atoms with van der Waals surface area (Å²) in [5, 5.41) is 2.46. The second-order valence-corrected chi connectivity index (χ2v) is 13.8. The Morgan fingerprint density at radius 1 is 0.315 bits per heavy atom. The molecule has 8 aromatic carbocycles. The average Bonchev–Trinajstić information content (AvgIpc) is 3.61. The van der Waals surface area contributed by atoms with Crippen LogP contribution in [0, 0.1) is 0 Å². The Morgan fingerprint density at radius 2 is 0.722 bits per heavy atom. The number of hydrogen-bond donors (Lipinski definition) is 0. The van der Waals surface area contributed by atoms with Gasteiger partial charge >= 0.3 is 0 Å². The molecule has 0 aliphatic carbocycles. The van der Waals surface area contributed by atoms with Gasteiger partial charge in [0.05, 0.1) is 16.6 Å². The standard InChI is InChI=1S/C52H36N2/c1-4-14-37(15-5-1)39-24-30-44(31-25-39)53(45-32-26-40(27-33-45)38-16-6-2-7-17-38)46-34-28-41(29-35-46)48-36-43-20-10-12-22-49(43)54-50-23-13-11-21-47(50)51(52(48)54)42-18-8-3-9-19-42/h1-36H. The molecule has 0 radical (unpaired) electrons.